The summed E-state index contributed by atoms with van der Waals surface area (Å²) in [5.41, 5.74) is 2.36. The highest BCUT2D eigenvalue weighted by Crippen LogP contribution is 2.26. The normalized spacial score (nSPS) is 12.4. The molecule has 0 radical (unpaired) electrons. The van der Waals surface area contributed by atoms with Crippen molar-refractivity contribution in [2.75, 3.05) is 19.0 Å². The second-order valence-electron chi connectivity index (χ2n) is 4.74. The summed E-state index contributed by atoms with van der Waals surface area (Å²) in [5, 5.41) is 6.96. The molecule has 3 aromatic rings. The average molecular weight is 283 g/mol. The summed E-state index contributed by atoms with van der Waals surface area (Å²) in [6, 6.07) is 19.2. The zero-order valence-corrected chi connectivity index (χ0v) is 12.2. The van der Waals surface area contributed by atoms with Gasteiger partial charge >= 0.3 is 0 Å². The van der Waals surface area contributed by atoms with E-state index in [1.807, 2.05) is 6.07 Å². The monoisotopic (exact) mass is 283 g/mol. The van der Waals surface area contributed by atoms with E-state index in [9.17, 15) is 0 Å². The third-order valence-electron chi connectivity index (χ3n) is 3.33. The van der Waals surface area contributed by atoms with E-state index < -0.39 is 0 Å². The standard InChI is InChI=1S/C17H17NOS/c1-19-12-16(13-5-3-2-4-6-13)18-15-7-8-17-14(11-15)9-10-20-17/h2-11,16,18H,12H2,1H3. The molecule has 1 unspecified atom stereocenters. The first kappa shape index (κ1) is 13.2. The highest BCUT2D eigenvalue weighted by atomic mass is 32.1. The third kappa shape index (κ3) is 2.84. The number of hydrogen-bond acceptors (Lipinski definition) is 3. The van der Waals surface area contributed by atoms with Crippen LogP contribution in [0, 0.1) is 0 Å². The molecule has 0 saturated carbocycles. The second-order valence-corrected chi connectivity index (χ2v) is 5.68. The van der Waals surface area contributed by atoms with Crippen LogP contribution in [0.5, 0.6) is 0 Å². The van der Waals surface area contributed by atoms with Gasteiger partial charge in [-0.05, 0) is 40.6 Å². The second kappa shape index (κ2) is 6.07. The van der Waals surface area contributed by atoms with E-state index in [2.05, 4.69) is 59.2 Å². The van der Waals surface area contributed by atoms with Crippen molar-refractivity contribution >= 4 is 27.1 Å². The van der Waals surface area contributed by atoms with Gasteiger partial charge in [0.2, 0.25) is 0 Å². The molecule has 1 N–H and O–H groups in total. The Labute approximate surface area is 123 Å². The lowest BCUT2D eigenvalue weighted by molar-refractivity contribution is 0.186. The largest absolute Gasteiger partial charge is 0.382 e. The Bertz CT molecular complexity index is 678. The first-order chi connectivity index (χ1) is 9.86. The molecule has 0 spiro atoms. The average Bonchev–Trinajstić information content (AvgIpc) is 2.95. The molecule has 20 heavy (non-hydrogen) atoms. The minimum atomic E-state index is 0.164. The third-order valence-corrected chi connectivity index (χ3v) is 4.23. The van der Waals surface area contributed by atoms with Crippen LogP contribution in [0.3, 0.4) is 0 Å². The van der Waals surface area contributed by atoms with Crippen molar-refractivity contribution in [2.24, 2.45) is 0 Å². The molecule has 0 aliphatic carbocycles. The van der Waals surface area contributed by atoms with Gasteiger partial charge < -0.3 is 10.1 Å². The molecule has 102 valence electrons. The number of benzene rings is 2. The van der Waals surface area contributed by atoms with Crippen LogP contribution in [-0.2, 0) is 4.74 Å². The molecule has 1 heterocycles. The van der Waals surface area contributed by atoms with E-state index in [-0.39, 0.29) is 6.04 Å². The first-order valence-corrected chi connectivity index (χ1v) is 7.52. The van der Waals surface area contributed by atoms with Gasteiger partial charge in [-0.15, -0.1) is 11.3 Å². The quantitative estimate of drug-likeness (QED) is 0.732. The Balaban J connectivity index is 1.85. The summed E-state index contributed by atoms with van der Waals surface area (Å²) in [4.78, 5) is 0. The van der Waals surface area contributed by atoms with Crippen molar-refractivity contribution < 1.29 is 4.74 Å². The zero-order chi connectivity index (χ0) is 13.8. The molecule has 0 aliphatic rings. The molecule has 3 rings (SSSR count). The van der Waals surface area contributed by atoms with Crippen LogP contribution in [-0.4, -0.2) is 13.7 Å². The highest BCUT2D eigenvalue weighted by molar-refractivity contribution is 7.17. The van der Waals surface area contributed by atoms with E-state index in [1.54, 1.807) is 18.4 Å². The number of ether oxygens (including phenoxy) is 1. The number of methoxy groups -OCH3 is 1. The van der Waals surface area contributed by atoms with E-state index in [0.717, 1.165) is 5.69 Å². The Kier molecular flexibility index (Phi) is 4.00. The van der Waals surface area contributed by atoms with Crippen molar-refractivity contribution in [3.05, 3.63) is 65.5 Å². The van der Waals surface area contributed by atoms with Gasteiger partial charge in [-0.2, -0.15) is 0 Å². The summed E-state index contributed by atoms with van der Waals surface area (Å²) in [5.74, 6) is 0. The molecular weight excluding hydrogens is 266 g/mol. The molecular formula is C17H17NOS. The number of hydrogen-bond donors (Lipinski definition) is 1. The predicted octanol–water partition coefficient (Wildman–Crippen LogP) is 4.70. The van der Waals surface area contributed by atoms with Crippen molar-refractivity contribution in [2.45, 2.75) is 6.04 Å². The van der Waals surface area contributed by atoms with Crippen LogP contribution in [0.2, 0.25) is 0 Å². The van der Waals surface area contributed by atoms with Gasteiger partial charge in [-0.3, -0.25) is 0 Å². The summed E-state index contributed by atoms with van der Waals surface area (Å²) in [7, 11) is 1.74. The SMILES string of the molecule is COCC(Nc1ccc2sccc2c1)c1ccccc1. The Morgan fingerprint density at radius 2 is 1.95 bits per heavy atom. The fourth-order valence-corrected chi connectivity index (χ4v) is 3.10. The summed E-state index contributed by atoms with van der Waals surface area (Å²) < 4.78 is 6.66. The molecule has 2 nitrogen and oxygen atoms in total. The van der Waals surface area contributed by atoms with Crippen LogP contribution >= 0.6 is 11.3 Å². The molecule has 0 aliphatic heterocycles. The van der Waals surface area contributed by atoms with Gasteiger partial charge in [0.05, 0.1) is 12.6 Å². The van der Waals surface area contributed by atoms with E-state index in [4.69, 9.17) is 4.74 Å². The maximum absolute atomic E-state index is 5.34. The molecule has 0 saturated heterocycles. The van der Waals surface area contributed by atoms with Crippen molar-refractivity contribution in [1.82, 2.24) is 0 Å². The van der Waals surface area contributed by atoms with Crippen molar-refractivity contribution in [3.8, 4) is 0 Å². The van der Waals surface area contributed by atoms with Crippen LogP contribution in [0.4, 0.5) is 5.69 Å². The Hall–Kier alpha value is -1.84. The number of nitrogens with one attached hydrogen (secondary N) is 1. The van der Waals surface area contributed by atoms with E-state index >= 15 is 0 Å². The lowest BCUT2D eigenvalue weighted by Gasteiger charge is -2.19. The molecule has 0 bridgehead atoms. The summed E-state index contributed by atoms with van der Waals surface area (Å²) >= 11 is 1.77. The van der Waals surface area contributed by atoms with E-state index in [0.29, 0.717) is 6.61 Å². The van der Waals surface area contributed by atoms with Crippen LogP contribution in [0.15, 0.2) is 60.0 Å². The van der Waals surface area contributed by atoms with Gasteiger partial charge in [0, 0.05) is 17.5 Å². The molecule has 1 aromatic heterocycles. The number of anilines is 1. The van der Waals surface area contributed by atoms with Gasteiger partial charge in [0.25, 0.3) is 0 Å². The van der Waals surface area contributed by atoms with E-state index in [1.165, 1.54) is 15.6 Å². The van der Waals surface area contributed by atoms with Crippen LogP contribution in [0.1, 0.15) is 11.6 Å². The molecule has 1 atom stereocenters. The maximum atomic E-state index is 5.34. The fraction of sp³-hybridized carbons (Fsp3) is 0.176. The van der Waals surface area contributed by atoms with Crippen molar-refractivity contribution in [3.63, 3.8) is 0 Å². The van der Waals surface area contributed by atoms with Gasteiger partial charge in [-0.25, -0.2) is 0 Å². The van der Waals surface area contributed by atoms with Crippen LogP contribution in [0.25, 0.3) is 10.1 Å². The zero-order valence-electron chi connectivity index (χ0n) is 11.4. The topological polar surface area (TPSA) is 21.3 Å². The number of fused-ring (bicyclic) bond motifs is 1. The van der Waals surface area contributed by atoms with Gasteiger partial charge in [0.15, 0.2) is 0 Å². The molecule has 0 amide bonds. The Morgan fingerprint density at radius 3 is 2.75 bits per heavy atom. The summed E-state index contributed by atoms with van der Waals surface area (Å²) in [6.45, 7) is 0.645. The predicted molar refractivity (Wildman–Crippen MR) is 86.5 cm³/mol. The van der Waals surface area contributed by atoms with Crippen molar-refractivity contribution in [1.29, 1.82) is 0 Å². The Morgan fingerprint density at radius 1 is 1.10 bits per heavy atom. The lowest BCUT2D eigenvalue weighted by atomic mass is 10.1. The lowest BCUT2D eigenvalue weighted by Crippen LogP contribution is -2.16. The van der Waals surface area contributed by atoms with Crippen LogP contribution < -0.4 is 5.32 Å². The smallest absolute Gasteiger partial charge is 0.0747 e. The number of rotatable bonds is 5. The number of thiophene rings is 1. The summed E-state index contributed by atoms with van der Waals surface area (Å²) in [6.07, 6.45) is 0. The fourth-order valence-electron chi connectivity index (χ4n) is 2.33. The molecule has 3 heteroatoms. The molecule has 2 aromatic carbocycles. The minimum absolute atomic E-state index is 0.164. The van der Waals surface area contributed by atoms with Gasteiger partial charge in [-0.1, -0.05) is 30.3 Å². The minimum Gasteiger partial charge on any atom is -0.382 e. The van der Waals surface area contributed by atoms with Gasteiger partial charge in [0.1, 0.15) is 0 Å². The maximum Gasteiger partial charge on any atom is 0.0747 e. The first-order valence-electron chi connectivity index (χ1n) is 6.64. The highest BCUT2D eigenvalue weighted by Gasteiger charge is 2.11. The molecule has 0 fully saturated rings.